The van der Waals surface area contributed by atoms with Crippen LogP contribution < -0.4 is 0 Å². The fourth-order valence-corrected chi connectivity index (χ4v) is 4.01. The van der Waals surface area contributed by atoms with E-state index in [1.807, 2.05) is 0 Å². The van der Waals surface area contributed by atoms with Gasteiger partial charge in [0, 0.05) is 31.2 Å². The van der Waals surface area contributed by atoms with Crippen molar-refractivity contribution >= 4 is 27.7 Å². The molecule has 122 valence electrons. The summed E-state index contributed by atoms with van der Waals surface area (Å²) in [6.07, 6.45) is -0.394. The number of carbonyl (C=O) groups excluding carboxylic acids is 1. The Morgan fingerprint density at radius 1 is 1.27 bits per heavy atom. The van der Waals surface area contributed by atoms with Gasteiger partial charge < -0.3 is 9.64 Å². The third-order valence-electron chi connectivity index (χ3n) is 3.40. The fourth-order valence-electron chi connectivity index (χ4n) is 2.29. The number of rotatable bonds is 4. The number of hydrogen-bond acceptors (Lipinski definition) is 4. The monoisotopic (exact) mass is 346 g/mol. The zero-order chi connectivity index (χ0) is 16.2. The number of sulfonamides is 1. The average molecular weight is 347 g/mol. The Labute approximate surface area is 135 Å². The largest absolute Gasteiger partial charge is 0.450 e. The van der Waals surface area contributed by atoms with E-state index in [0.717, 1.165) is 0 Å². The summed E-state index contributed by atoms with van der Waals surface area (Å²) in [7, 11) is -3.42. The highest BCUT2D eigenvalue weighted by Gasteiger charge is 2.29. The van der Waals surface area contributed by atoms with Gasteiger partial charge >= 0.3 is 6.09 Å². The van der Waals surface area contributed by atoms with Crippen LogP contribution in [0.15, 0.2) is 24.3 Å². The SMILES string of the molecule is CCOC(=O)N1CCN(S(=O)(=O)Cc2cccc(Cl)c2)CC1. The van der Waals surface area contributed by atoms with Crippen molar-refractivity contribution in [3.63, 3.8) is 0 Å². The minimum Gasteiger partial charge on any atom is -0.450 e. The van der Waals surface area contributed by atoms with Gasteiger partial charge in [-0.2, -0.15) is 4.31 Å². The highest BCUT2D eigenvalue weighted by molar-refractivity contribution is 7.88. The maximum absolute atomic E-state index is 12.4. The highest BCUT2D eigenvalue weighted by atomic mass is 35.5. The molecule has 1 aromatic rings. The molecule has 6 nitrogen and oxygen atoms in total. The summed E-state index contributed by atoms with van der Waals surface area (Å²) in [6, 6.07) is 6.81. The summed E-state index contributed by atoms with van der Waals surface area (Å²) >= 11 is 5.88. The number of carbonyl (C=O) groups is 1. The van der Waals surface area contributed by atoms with E-state index in [1.165, 1.54) is 9.21 Å². The first-order valence-corrected chi connectivity index (χ1v) is 9.05. The molecule has 0 unspecified atom stereocenters. The maximum atomic E-state index is 12.4. The summed E-state index contributed by atoms with van der Waals surface area (Å²) in [5.41, 5.74) is 0.653. The van der Waals surface area contributed by atoms with Gasteiger partial charge in [-0.3, -0.25) is 0 Å². The van der Waals surface area contributed by atoms with E-state index in [1.54, 1.807) is 31.2 Å². The van der Waals surface area contributed by atoms with Crippen LogP contribution in [0.1, 0.15) is 12.5 Å². The van der Waals surface area contributed by atoms with Gasteiger partial charge in [0.05, 0.1) is 12.4 Å². The second-order valence-electron chi connectivity index (χ2n) is 4.97. The molecule has 0 spiro atoms. The van der Waals surface area contributed by atoms with Crippen molar-refractivity contribution in [1.29, 1.82) is 0 Å². The lowest BCUT2D eigenvalue weighted by Gasteiger charge is -2.33. The van der Waals surface area contributed by atoms with Gasteiger partial charge in [-0.25, -0.2) is 13.2 Å². The molecule has 0 N–H and O–H groups in total. The van der Waals surface area contributed by atoms with Crippen molar-refractivity contribution in [3.8, 4) is 0 Å². The molecule has 0 aliphatic carbocycles. The molecule has 0 saturated carbocycles. The van der Waals surface area contributed by atoms with Gasteiger partial charge in [-0.05, 0) is 24.6 Å². The van der Waals surface area contributed by atoms with E-state index in [9.17, 15) is 13.2 Å². The first-order valence-electron chi connectivity index (χ1n) is 7.06. The fraction of sp³-hybridized carbons (Fsp3) is 0.500. The Hall–Kier alpha value is -1.31. The third kappa shape index (κ3) is 4.34. The van der Waals surface area contributed by atoms with Gasteiger partial charge in [-0.1, -0.05) is 23.7 Å². The predicted octanol–water partition coefficient (Wildman–Crippen LogP) is 1.94. The molecular weight excluding hydrogens is 328 g/mol. The van der Waals surface area contributed by atoms with E-state index in [0.29, 0.717) is 30.3 Å². The van der Waals surface area contributed by atoms with E-state index >= 15 is 0 Å². The number of ether oxygens (including phenoxy) is 1. The summed E-state index contributed by atoms with van der Waals surface area (Å²) in [4.78, 5) is 13.1. The predicted molar refractivity (Wildman–Crippen MR) is 84.2 cm³/mol. The summed E-state index contributed by atoms with van der Waals surface area (Å²) in [6.45, 7) is 3.29. The number of halogens is 1. The van der Waals surface area contributed by atoms with Crippen LogP contribution >= 0.6 is 11.6 Å². The van der Waals surface area contributed by atoms with Crippen LogP contribution in [0.4, 0.5) is 4.79 Å². The van der Waals surface area contributed by atoms with Crippen molar-refractivity contribution in [3.05, 3.63) is 34.9 Å². The number of piperazine rings is 1. The lowest BCUT2D eigenvalue weighted by atomic mass is 10.2. The smallest absolute Gasteiger partial charge is 0.409 e. The minimum absolute atomic E-state index is 0.0903. The Bertz CT molecular complexity index is 627. The molecule has 1 aromatic carbocycles. The zero-order valence-corrected chi connectivity index (χ0v) is 13.9. The van der Waals surface area contributed by atoms with Crippen LogP contribution in [-0.4, -0.2) is 56.5 Å². The maximum Gasteiger partial charge on any atom is 0.409 e. The Kier molecular flexibility index (Phi) is 5.66. The number of benzene rings is 1. The molecule has 0 radical (unpaired) electrons. The Morgan fingerprint density at radius 2 is 1.95 bits per heavy atom. The molecule has 1 aliphatic heterocycles. The van der Waals surface area contributed by atoms with Crippen LogP contribution in [0.25, 0.3) is 0 Å². The van der Waals surface area contributed by atoms with Crippen molar-refractivity contribution < 1.29 is 17.9 Å². The number of hydrogen-bond donors (Lipinski definition) is 0. The first kappa shape index (κ1) is 17.1. The summed E-state index contributed by atoms with van der Waals surface area (Å²) in [5.74, 6) is -0.0903. The molecule has 1 saturated heterocycles. The molecule has 8 heteroatoms. The molecule has 0 atom stereocenters. The normalized spacial score (nSPS) is 16.5. The molecule has 1 heterocycles. The number of nitrogens with zero attached hydrogens (tertiary/aromatic N) is 2. The average Bonchev–Trinajstić information content (AvgIpc) is 2.47. The topological polar surface area (TPSA) is 66.9 Å². The van der Waals surface area contributed by atoms with E-state index in [-0.39, 0.29) is 18.8 Å². The number of amides is 1. The van der Waals surface area contributed by atoms with Crippen molar-refractivity contribution in [2.45, 2.75) is 12.7 Å². The molecular formula is C14H19ClN2O4S. The van der Waals surface area contributed by atoms with Gasteiger partial charge in [0.1, 0.15) is 0 Å². The lowest BCUT2D eigenvalue weighted by molar-refractivity contribution is 0.0934. The van der Waals surface area contributed by atoms with Gasteiger partial charge in [0.15, 0.2) is 0 Å². The first-order chi connectivity index (χ1) is 10.4. The van der Waals surface area contributed by atoms with Crippen LogP contribution in [0.3, 0.4) is 0 Å². The van der Waals surface area contributed by atoms with E-state index in [2.05, 4.69) is 0 Å². The van der Waals surface area contributed by atoms with Gasteiger partial charge in [0.25, 0.3) is 0 Å². The Balaban J connectivity index is 1.96. The standard InChI is InChI=1S/C14H19ClN2O4S/c1-2-21-14(18)16-6-8-17(9-7-16)22(19,20)11-12-4-3-5-13(15)10-12/h3-5,10H,2,6-9,11H2,1H3. The summed E-state index contributed by atoms with van der Waals surface area (Å²) in [5, 5.41) is 0.514. The van der Waals surface area contributed by atoms with E-state index < -0.39 is 16.1 Å². The van der Waals surface area contributed by atoms with E-state index in [4.69, 9.17) is 16.3 Å². The Morgan fingerprint density at radius 3 is 2.55 bits per heavy atom. The molecule has 1 fully saturated rings. The van der Waals surface area contributed by atoms with Crippen LogP contribution in [0, 0.1) is 0 Å². The van der Waals surface area contributed by atoms with Crippen molar-refractivity contribution in [1.82, 2.24) is 9.21 Å². The second kappa shape index (κ2) is 7.30. The molecule has 1 aliphatic rings. The molecule has 0 bridgehead atoms. The molecule has 22 heavy (non-hydrogen) atoms. The van der Waals surface area contributed by atoms with Crippen LogP contribution in [0.5, 0.6) is 0 Å². The second-order valence-corrected chi connectivity index (χ2v) is 7.38. The van der Waals surface area contributed by atoms with Crippen molar-refractivity contribution in [2.75, 3.05) is 32.8 Å². The third-order valence-corrected chi connectivity index (χ3v) is 5.48. The van der Waals surface area contributed by atoms with Crippen LogP contribution in [-0.2, 0) is 20.5 Å². The molecule has 1 amide bonds. The quantitative estimate of drug-likeness (QED) is 0.835. The van der Waals surface area contributed by atoms with Gasteiger partial charge in [-0.15, -0.1) is 0 Å². The minimum atomic E-state index is -3.42. The lowest BCUT2D eigenvalue weighted by Crippen LogP contribution is -2.50. The van der Waals surface area contributed by atoms with Crippen LogP contribution in [0.2, 0.25) is 5.02 Å². The molecule has 2 rings (SSSR count). The molecule has 0 aromatic heterocycles. The van der Waals surface area contributed by atoms with Gasteiger partial charge in [0.2, 0.25) is 10.0 Å². The summed E-state index contributed by atoms with van der Waals surface area (Å²) < 4.78 is 31.2. The van der Waals surface area contributed by atoms with Crippen molar-refractivity contribution in [2.24, 2.45) is 0 Å². The highest BCUT2D eigenvalue weighted by Crippen LogP contribution is 2.17. The zero-order valence-electron chi connectivity index (χ0n) is 12.4.